The van der Waals surface area contributed by atoms with Crippen molar-refractivity contribution >= 4 is 35.6 Å². The van der Waals surface area contributed by atoms with Crippen molar-refractivity contribution in [3.05, 3.63) is 48.0 Å². The molecule has 7 nitrogen and oxygen atoms in total. The smallest absolute Gasteiger partial charge is 0.231 e. The molecule has 168 valence electrons. The predicted molar refractivity (Wildman–Crippen MR) is 134 cm³/mol. The zero-order valence-electron chi connectivity index (χ0n) is 18.3. The van der Waals surface area contributed by atoms with Crippen LogP contribution < -0.4 is 19.7 Å². The van der Waals surface area contributed by atoms with E-state index >= 15 is 0 Å². The van der Waals surface area contributed by atoms with Crippen LogP contribution in [0.5, 0.6) is 17.2 Å². The number of nitrogens with one attached hydrogen (secondary N) is 1. The molecule has 2 aromatic carbocycles. The lowest BCUT2D eigenvalue weighted by atomic mass is 9.84. The first-order chi connectivity index (χ1) is 14.5. The molecule has 2 aliphatic rings. The van der Waals surface area contributed by atoms with E-state index in [4.69, 9.17) is 9.47 Å². The minimum atomic E-state index is -0.103. The van der Waals surface area contributed by atoms with E-state index in [0.29, 0.717) is 5.75 Å². The number of phenols is 1. The summed E-state index contributed by atoms with van der Waals surface area (Å²) in [5.74, 6) is 2.85. The Morgan fingerprint density at radius 1 is 1.06 bits per heavy atom. The molecule has 0 amide bonds. The van der Waals surface area contributed by atoms with Crippen molar-refractivity contribution in [3.8, 4) is 17.2 Å². The van der Waals surface area contributed by atoms with Gasteiger partial charge < -0.3 is 29.7 Å². The molecule has 0 aliphatic carbocycles. The number of phenolic OH excluding ortho intramolecular Hbond substituents is 1. The second-order valence-electron chi connectivity index (χ2n) is 8.32. The van der Waals surface area contributed by atoms with Crippen LogP contribution in [0.25, 0.3) is 0 Å². The number of para-hydroxylation sites is 2. The van der Waals surface area contributed by atoms with Gasteiger partial charge in [-0.15, -0.1) is 24.0 Å². The molecule has 2 N–H and O–H groups in total. The highest BCUT2D eigenvalue weighted by Gasteiger charge is 2.26. The van der Waals surface area contributed by atoms with E-state index in [1.807, 2.05) is 31.3 Å². The highest BCUT2D eigenvalue weighted by atomic mass is 127. The number of hydrogen-bond donors (Lipinski definition) is 2. The van der Waals surface area contributed by atoms with E-state index < -0.39 is 0 Å². The first-order valence-electron chi connectivity index (χ1n) is 10.4. The topological polar surface area (TPSA) is 69.6 Å². The monoisotopic (exact) mass is 538 g/mol. The number of rotatable bonds is 4. The summed E-state index contributed by atoms with van der Waals surface area (Å²) in [6, 6.07) is 13.7. The van der Waals surface area contributed by atoms with Gasteiger partial charge in [0.15, 0.2) is 17.5 Å². The molecule has 2 aliphatic heterocycles. The van der Waals surface area contributed by atoms with Gasteiger partial charge in [-0.2, -0.15) is 0 Å². The molecule has 1 fully saturated rings. The molecule has 8 heteroatoms. The summed E-state index contributed by atoms with van der Waals surface area (Å²) in [4.78, 5) is 8.99. The second kappa shape index (κ2) is 9.84. The number of hydrogen-bond acceptors (Lipinski definition) is 5. The third kappa shape index (κ3) is 5.11. The van der Waals surface area contributed by atoms with Crippen LogP contribution >= 0.6 is 24.0 Å². The molecule has 0 spiro atoms. The highest BCUT2D eigenvalue weighted by Crippen LogP contribution is 2.36. The fourth-order valence-electron chi connectivity index (χ4n) is 3.94. The predicted octanol–water partition coefficient (Wildman–Crippen LogP) is 3.41. The van der Waals surface area contributed by atoms with E-state index in [9.17, 15) is 5.11 Å². The number of ether oxygens (including phenoxy) is 2. The largest absolute Gasteiger partial charge is 0.506 e. The lowest BCUT2D eigenvalue weighted by Crippen LogP contribution is -2.54. The van der Waals surface area contributed by atoms with Crippen molar-refractivity contribution in [2.24, 2.45) is 4.99 Å². The summed E-state index contributed by atoms with van der Waals surface area (Å²) < 4.78 is 11.0. The van der Waals surface area contributed by atoms with Gasteiger partial charge in [0, 0.05) is 45.2 Å². The standard InChI is InChI=1S/C23H30N4O3.HI/c1-23(2,17-8-9-20-21(14-17)30-16-29-20)15-25-22(24-3)27-12-10-26(11-13-27)18-6-4-5-7-19(18)28;/h4-9,14,28H,10-13,15-16H2,1-3H3,(H,24,25);1H. The van der Waals surface area contributed by atoms with Gasteiger partial charge in [0.2, 0.25) is 6.79 Å². The molecule has 0 saturated carbocycles. The van der Waals surface area contributed by atoms with E-state index in [-0.39, 0.29) is 36.2 Å². The summed E-state index contributed by atoms with van der Waals surface area (Å²) in [5.41, 5.74) is 1.98. The van der Waals surface area contributed by atoms with Crippen LogP contribution in [-0.2, 0) is 5.41 Å². The Balaban J connectivity index is 0.00000272. The summed E-state index contributed by atoms with van der Waals surface area (Å²) >= 11 is 0. The number of guanidine groups is 1. The highest BCUT2D eigenvalue weighted by molar-refractivity contribution is 14.0. The number of aromatic hydroxyl groups is 1. The Labute approximate surface area is 201 Å². The van der Waals surface area contributed by atoms with Crippen molar-refractivity contribution in [2.45, 2.75) is 19.3 Å². The summed E-state index contributed by atoms with van der Waals surface area (Å²) in [6.45, 7) is 8.82. The van der Waals surface area contributed by atoms with E-state index in [2.05, 4.69) is 46.1 Å². The molecule has 0 atom stereocenters. The average molecular weight is 538 g/mol. The van der Waals surface area contributed by atoms with Crippen LogP contribution in [0.3, 0.4) is 0 Å². The van der Waals surface area contributed by atoms with Gasteiger partial charge in [0.25, 0.3) is 0 Å². The Hall–Kier alpha value is -2.36. The summed E-state index contributed by atoms with van der Waals surface area (Å²) in [5, 5.41) is 13.7. The molecule has 0 aromatic heterocycles. The van der Waals surface area contributed by atoms with Crippen LogP contribution in [0.1, 0.15) is 19.4 Å². The molecular formula is C23H31IN4O3. The Morgan fingerprint density at radius 3 is 2.48 bits per heavy atom. The molecule has 0 radical (unpaired) electrons. The van der Waals surface area contributed by atoms with Gasteiger partial charge in [-0.25, -0.2) is 0 Å². The average Bonchev–Trinajstić information content (AvgIpc) is 3.23. The van der Waals surface area contributed by atoms with Crippen molar-refractivity contribution in [1.82, 2.24) is 10.2 Å². The Bertz CT molecular complexity index is 927. The zero-order valence-corrected chi connectivity index (χ0v) is 20.6. The summed E-state index contributed by atoms with van der Waals surface area (Å²) in [7, 11) is 1.82. The van der Waals surface area contributed by atoms with Crippen molar-refractivity contribution in [2.75, 3.05) is 51.5 Å². The van der Waals surface area contributed by atoms with Gasteiger partial charge in [-0.3, -0.25) is 4.99 Å². The summed E-state index contributed by atoms with van der Waals surface area (Å²) in [6.07, 6.45) is 0. The van der Waals surface area contributed by atoms with E-state index in [1.165, 1.54) is 5.56 Å². The van der Waals surface area contributed by atoms with Crippen LogP contribution in [0.4, 0.5) is 5.69 Å². The fraction of sp³-hybridized carbons (Fsp3) is 0.435. The second-order valence-corrected chi connectivity index (χ2v) is 8.32. The third-order valence-electron chi connectivity index (χ3n) is 5.86. The third-order valence-corrected chi connectivity index (χ3v) is 5.86. The fourth-order valence-corrected chi connectivity index (χ4v) is 3.94. The first kappa shape index (κ1) is 23.3. The lowest BCUT2D eigenvalue weighted by Gasteiger charge is -2.38. The molecule has 0 bridgehead atoms. The number of aliphatic imine (C=N–C) groups is 1. The van der Waals surface area contributed by atoms with E-state index in [0.717, 1.165) is 55.9 Å². The number of piperazine rings is 1. The van der Waals surface area contributed by atoms with Crippen LogP contribution in [0.2, 0.25) is 0 Å². The number of benzene rings is 2. The molecule has 31 heavy (non-hydrogen) atoms. The van der Waals surface area contributed by atoms with Crippen LogP contribution in [0, 0.1) is 0 Å². The number of nitrogens with zero attached hydrogens (tertiary/aromatic N) is 3. The minimum Gasteiger partial charge on any atom is -0.506 e. The van der Waals surface area contributed by atoms with Gasteiger partial charge in [-0.1, -0.05) is 32.0 Å². The molecular weight excluding hydrogens is 507 g/mol. The van der Waals surface area contributed by atoms with Crippen molar-refractivity contribution < 1.29 is 14.6 Å². The normalized spacial score (nSPS) is 16.2. The Morgan fingerprint density at radius 2 is 1.77 bits per heavy atom. The molecule has 4 rings (SSSR count). The van der Waals surface area contributed by atoms with Gasteiger partial charge >= 0.3 is 0 Å². The first-order valence-corrected chi connectivity index (χ1v) is 10.4. The van der Waals surface area contributed by atoms with Gasteiger partial charge in [0.1, 0.15) is 5.75 Å². The SMILES string of the molecule is CN=C(NCC(C)(C)c1ccc2c(c1)OCO2)N1CCN(c2ccccc2O)CC1.I. The van der Waals surface area contributed by atoms with Crippen molar-refractivity contribution in [1.29, 1.82) is 0 Å². The lowest BCUT2D eigenvalue weighted by molar-refractivity contribution is 0.174. The van der Waals surface area contributed by atoms with Gasteiger partial charge in [0.05, 0.1) is 5.69 Å². The molecule has 2 heterocycles. The van der Waals surface area contributed by atoms with Crippen LogP contribution in [-0.4, -0.2) is 62.5 Å². The van der Waals surface area contributed by atoms with Crippen molar-refractivity contribution in [3.63, 3.8) is 0 Å². The number of halogens is 1. The maximum Gasteiger partial charge on any atom is 0.231 e. The quantitative estimate of drug-likeness (QED) is 0.354. The van der Waals surface area contributed by atoms with E-state index in [1.54, 1.807) is 6.07 Å². The maximum absolute atomic E-state index is 10.1. The zero-order chi connectivity index (χ0) is 21.1. The maximum atomic E-state index is 10.1. The minimum absolute atomic E-state index is 0. The number of anilines is 1. The molecule has 1 saturated heterocycles. The number of fused-ring (bicyclic) bond motifs is 1. The molecule has 0 unspecified atom stereocenters. The van der Waals surface area contributed by atoms with Gasteiger partial charge in [-0.05, 0) is 29.8 Å². The van der Waals surface area contributed by atoms with Crippen LogP contribution in [0.15, 0.2) is 47.5 Å². The molecule has 2 aromatic rings. The Kier molecular flexibility index (Phi) is 7.40.